The summed E-state index contributed by atoms with van der Waals surface area (Å²) < 4.78 is 83.6. The Bertz CT molecular complexity index is 4300. The van der Waals surface area contributed by atoms with Crippen molar-refractivity contribution in [1.82, 2.24) is 25.5 Å². The van der Waals surface area contributed by atoms with E-state index >= 15 is 0 Å². The molecule has 3 aliphatic rings. The van der Waals surface area contributed by atoms with E-state index in [0.29, 0.717) is 53.2 Å². The van der Waals surface area contributed by atoms with Crippen LogP contribution in [0, 0.1) is 25.7 Å². The highest BCUT2D eigenvalue weighted by molar-refractivity contribution is 7.68. The van der Waals surface area contributed by atoms with Crippen molar-refractivity contribution in [3.05, 3.63) is 153 Å². The monoisotopic (exact) mass is 1360 g/mol. The van der Waals surface area contributed by atoms with Crippen molar-refractivity contribution in [2.75, 3.05) is 84.5 Å². The fourth-order valence-electron chi connectivity index (χ4n) is 9.31. The first-order valence-corrected chi connectivity index (χ1v) is 33.3. The second-order valence-corrected chi connectivity index (χ2v) is 25.2. The minimum absolute atomic E-state index is 0.000312. The molecule has 0 radical (unpaired) electrons. The highest BCUT2D eigenvalue weighted by Gasteiger charge is 2.43. The fraction of sp³-hybridized carbons (Fsp3) is 0.375. The smallest absolute Gasteiger partial charge is 0.488 e. The lowest BCUT2D eigenvalue weighted by atomic mass is 9.88. The van der Waals surface area contributed by atoms with Crippen molar-refractivity contribution in [3.63, 3.8) is 0 Å². The van der Waals surface area contributed by atoms with Crippen LogP contribution in [0.3, 0.4) is 0 Å². The molecule has 0 bridgehead atoms. The predicted molar refractivity (Wildman–Crippen MR) is 333 cm³/mol. The van der Waals surface area contributed by atoms with Gasteiger partial charge in [0.15, 0.2) is 6.23 Å². The van der Waals surface area contributed by atoms with Gasteiger partial charge < -0.3 is 69.2 Å². The third-order valence-electron chi connectivity index (χ3n) is 13.3. The molecule has 38 heteroatoms. The van der Waals surface area contributed by atoms with Gasteiger partial charge in [0.05, 0.1) is 43.4 Å². The van der Waals surface area contributed by atoms with Crippen molar-refractivity contribution in [2.24, 2.45) is 15.2 Å². The number of carboxylic acids is 1. The molecular weight excluding hydrogens is 1300 g/mol. The maximum Gasteiger partial charge on any atom is 0.488 e. The Morgan fingerprint density at radius 2 is 1.64 bits per heavy atom. The molecule has 3 aromatic carbocycles. The molecule has 3 heterocycles. The van der Waals surface area contributed by atoms with E-state index in [1.807, 2.05) is 56.9 Å². The molecule has 1 fully saturated rings. The van der Waals surface area contributed by atoms with Gasteiger partial charge in [-0.25, -0.2) is 23.0 Å². The van der Waals surface area contributed by atoms with E-state index in [1.165, 1.54) is 30.3 Å². The van der Waals surface area contributed by atoms with Gasteiger partial charge in [-0.15, -0.1) is 0 Å². The number of benzene rings is 4. The Balaban J connectivity index is 0.861. The first-order valence-electron chi connectivity index (χ1n) is 28.3. The van der Waals surface area contributed by atoms with E-state index in [1.54, 1.807) is 12.1 Å². The zero-order valence-electron chi connectivity index (χ0n) is 50.8. The van der Waals surface area contributed by atoms with Crippen LogP contribution in [0.5, 0.6) is 5.75 Å². The van der Waals surface area contributed by atoms with Crippen LogP contribution < -0.4 is 42.6 Å². The molecule has 7 atom stereocenters. The molecule has 4 unspecified atom stereocenters. The number of hydrogen-bond donors (Lipinski definition) is 9. The number of fused-ring (bicyclic) bond motifs is 2. The van der Waals surface area contributed by atoms with E-state index < -0.39 is 103 Å². The van der Waals surface area contributed by atoms with Crippen molar-refractivity contribution in [1.29, 1.82) is 0 Å². The van der Waals surface area contributed by atoms with Gasteiger partial charge >= 0.3 is 34.9 Å². The summed E-state index contributed by atoms with van der Waals surface area (Å²) in [5, 5.41) is 29.9. The number of phosphoric ester groups is 1. The van der Waals surface area contributed by atoms with Crippen LogP contribution in [0.25, 0.3) is 54.3 Å². The van der Waals surface area contributed by atoms with Gasteiger partial charge in [-0.2, -0.15) is 4.31 Å². The van der Waals surface area contributed by atoms with E-state index in [2.05, 4.69) is 66.8 Å². The van der Waals surface area contributed by atoms with Crippen LogP contribution in [-0.2, 0) is 50.6 Å². The van der Waals surface area contributed by atoms with Gasteiger partial charge in [0.25, 0.3) is 17.4 Å². The van der Waals surface area contributed by atoms with Crippen LogP contribution in [0.15, 0.2) is 102 Å². The number of carboxylic acid groups (broad SMARTS) is 1. The number of nitrogens with one attached hydrogen (secondary N) is 5. The zero-order valence-corrected chi connectivity index (χ0v) is 53.5. The number of ether oxygens (including phenoxy) is 5. The molecule has 3 amide bonds. The van der Waals surface area contributed by atoms with Gasteiger partial charge in [-0.05, 0) is 104 Å². The first kappa shape index (κ1) is 72.4. The Labute approximate surface area is 533 Å². The second kappa shape index (κ2) is 33.2. The molecule has 4 aromatic rings. The lowest BCUT2D eigenvalue weighted by molar-refractivity contribution is -0.126. The molecule has 94 heavy (non-hydrogen) atoms. The lowest BCUT2D eigenvalue weighted by Crippen LogP contribution is -2.34. The molecule has 9 N–H and O–H groups in total. The summed E-state index contributed by atoms with van der Waals surface area (Å²) in [5.41, 5.74) is 20.5. The number of carbonyl (C=O) groups excluding carboxylic acids is 3. The molecular formula is C56H64N13O22P3. The molecule has 35 nitrogen and oxygen atoms in total. The highest BCUT2D eigenvalue weighted by atomic mass is 31.3. The second-order valence-electron chi connectivity index (χ2n) is 20.2. The van der Waals surface area contributed by atoms with Crippen molar-refractivity contribution >= 4 is 63.6 Å². The van der Waals surface area contributed by atoms with E-state index in [9.17, 15) is 62.2 Å². The van der Waals surface area contributed by atoms with Gasteiger partial charge in [-0.1, -0.05) is 28.1 Å². The number of H-pyrrole nitrogens is 1. The number of azide groups is 2. The summed E-state index contributed by atoms with van der Waals surface area (Å²) in [5.74, 6) is 2.85. The predicted octanol–water partition coefficient (Wildman–Crippen LogP) is 6.10. The van der Waals surface area contributed by atoms with Crippen molar-refractivity contribution < 1.29 is 93.9 Å². The minimum atomic E-state index is -5.62. The summed E-state index contributed by atoms with van der Waals surface area (Å²) in [7, 11) is -15.8. The number of hydrogen-bond acceptors (Lipinski definition) is 22. The van der Waals surface area contributed by atoms with E-state index in [4.69, 9.17) is 43.7 Å². The summed E-state index contributed by atoms with van der Waals surface area (Å²) in [6, 6.07) is 17.9. The molecule has 1 aliphatic carbocycles. The Morgan fingerprint density at radius 3 is 2.33 bits per heavy atom. The maximum absolute atomic E-state index is 13.7. The van der Waals surface area contributed by atoms with E-state index in [-0.39, 0.29) is 73.9 Å². The lowest BCUT2D eigenvalue weighted by Gasteiger charge is -2.21. The summed E-state index contributed by atoms with van der Waals surface area (Å²) in [6.07, 6.45) is -4.26. The standard InChI is InChI=1S/C56H64N13O22P3/c1-6-59-42-24-44-40(20-32(42)3)51(41-21-33(4)43(60-7-2)25-45(41)88-44)39-23-35(13-14-38(39)55(74)75)53(72)63-17-16-62-52(71)34-10-8-12-37(22-34)85-30-49(66-68-58)84-19-18-83-29-48(70)61-15-9-11-36-27-69(56(76)65-54(36)73)50-26-46(86-31-64-67-57)47(89-50)28-87-93(79,80)91-94(81,82)90-92(5,77)78/h8,10,12-14,20-25,27,46-47,49-50,59H,6-7,15-19,26,28-31H2,1-5H3,(H,61,70)(H,62,71)(H,63,72)(H,74,75)(H,77,78)(H,79,80)(H,81,82)(H,65,73,76)/t46-,47-,49?,50-/m1/s1. The van der Waals surface area contributed by atoms with Crippen molar-refractivity contribution in [3.8, 4) is 40.0 Å². The van der Waals surface area contributed by atoms with Gasteiger partial charge in [0.1, 0.15) is 54.9 Å². The van der Waals surface area contributed by atoms with Gasteiger partial charge in [-0.3, -0.25) is 42.8 Å². The van der Waals surface area contributed by atoms with Crippen LogP contribution in [-0.4, -0.2) is 151 Å². The molecule has 500 valence electrons. The third-order valence-corrected chi connectivity index (χ3v) is 17.5. The molecule has 0 spiro atoms. The Kier molecular flexibility index (Phi) is 25.6. The number of phosphoric acid groups is 2. The number of nitrogens with zero attached hydrogens (tertiary/aromatic N) is 8. The summed E-state index contributed by atoms with van der Waals surface area (Å²) in [4.78, 5) is 119. The molecule has 1 saturated heterocycles. The number of carbonyl (C=O) groups is 4. The number of aromatic carboxylic acids is 1. The molecule has 0 saturated carbocycles. The molecule has 2 aliphatic heterocycles. The van der Waals surface area contributed by atoms with Crippen LogP contribution in [0.4, 0.5) is 5.69 Å². The molecule has 1 aromatic heterocycles. The number of aryl methyl sites for hydroxylation is 2. The number of amides is 3. The normalized spacial score (nSPS) is 16.8. The van der Waals surface area contributed by atoms with Crippen LogP contribution in [0.1, 0.15) is 74.3 Å². The van der Waals surface area contributed by atoms with Crippen LogP contribution >= 0.6 is 23.2 Å². The fourth-order valence-corrected chi connectivity index (χ4v) is 12.8. The summed E-state index contributed by atoms with van der Waals surface area (Å²) >= 11 is 0. The van der Waals surface area contributed by atoms with E-state index in [0.717, 1.165) is 32.9 Å². The van der Waals surface area contributed by atoms with Crippen LogP contribution in [0.2, 0.25) is 0 Å². The Morgan fingerprint density at radius 1 is 0.894 bits per heavy atom. The van der Waals surface area contributed by atoms with Crippen molar-refractivity contribution in [2.45, 2.75) is 58.8 Å². The third kappa shape index (κ3) is 20.5. The maximum atomic E-state index is 13.7. The topological polar surface area (TPSA) is 500 Å². The summed E-state index contributed by atoms with van der Waals surface area (Å²) in [6.45, 7) is 6.45. The van der Waals surface area contributed by atoms with Gasteiger partial charge in [0, 0.05) is 101 Å². The van der Waals surface area contributed by atoms with Gasteiger partial charge in [0.2, 0.25) is 5.91 Å². The Hall–Kier alpha value is -9.02. The number of anilines is 1. The minimum Gasteiger partial charge on any atom is -0.491 e. The molecule has 7 rings (SSSR count). The average molecular weight is 1360 g/mol. The first-order chi connectivity index (χ1) is 44.7. The highest BCUT2D eigenvalue weighted by Crippen LogP contribution is 2.66. The average Bonchev–Trinajstić information content (AvgIpc) is 0.859. The number of aromatic nitrogens is 2. The number of rotatable bonds is 32. The number of aromatic amines is 1. The quantitative estimate of drug-likeness (QED) is 0.00438. The zero-order chi connectivity index (χ0) is 68.3. The SMILES string of the molecule is CCN=c1cc2oc3cc(NCC)c(C)cc3c(-c3cc(C(=O)NCCNC(=O)c4cccc(OCC(N=[N+]=[N-])OCCOCC(=O)NCC#Cc5cn([C@H]6C[C@@H](OCN=[N+]=[N-])[C@@H](COP(=O)(O)OP(=O)(O)OP(C)(=O)O)O6)c(=O)[nH]c5=O)c4)ccc3C(=O)O)c-2cc1C. The largest absolute Gasteiger partial charge is 0.491 e.